The molecule has 0 atom stereocenters. The average Bonchev–Trinajstić information content (AvgIpc) is 2.48. The first kappa shape index (κ1) is 12.9. The molecule has 3 aromatic rings. The van der Waals surface area contributed by atoms with Gasteiger partial charge in [0.1, 0.15) is 0 Å². The molecule has 104 valence electrons. The van der Waals surface area contributed by atoms with E-state index >= 15 is 0 Å². The molecule has 2 aromatic carbocycles. The van der Waals surface area contributed by atoms with Crippen LogP contribution in [0.3, 0.4) is 0 Å². The van der Waals surface area contributed by atoms with Crippen LogP contribution < -0.4 is 16.6 Å². The Kier molecular flexibility index (Phi) is 3.34. The Labute approximate surface area is 120 Å². The van der Waals surface area contributed by atoms with Crippen LogP contribution in [0.25, 0.3) is 11.3 Å². The van der Waals surface area contributed by atoms with E-state index in [0.717, 1.165) is 11.3 Å². The Morgan fingerprint density at radius 2 is 1.81 bits per heavy atom. The summed E-state index contributed by atoms with van der Waals surface area (Å²) >= 11 is 0. The minimum Gasteiger partial charge on any atom is -0.399 e. The molecule has 0 saturated heterocycles. The van der Waals surface area contributed by atoms with Crippen molar-refractivity contribution in [3.05, 3.63) is 65.0 Å². The second kappa shape index (κ2) is 5.46. The van der Waals surface area contributed by atoms with Gasteiger partial charge in [0, 0.05) is 16.9 Å². The van der Waals surface area contributed by atoms with Crippen LogP contribution in [0.15, 0.2) is 59.4 Å². The Morgan fingerprint density at radius 3 is 2.52 bits per heavy atom. The average molecular weight is 279 g/mol. The number of anilines is 3. The van der Waals surface area contributed by atoms with Crippen LogP contribution in [-0.2, 0) is 0 Å². The van der Waals surface area contributed by atoms with Crippen LogP contribution in [0.4, 0.5) is 17.3 Å². The Morgan fingerprint density at radius 1 is 1.00 bits per heavy atom. The fraction of sp³-hybridized carbons (Fsp3) is 0. The first-order valence-corrected chi connectivity index (χ1v) is 6.37. The van der Waals surface area contributed by atoms with Gasteiger partial charge < -0.3 is 11.1 Å². The van der Waals surface area contributed by atoms with Crippen molar-refractivity contribution in [2.75, 3.05) is 11.1 Å². The molecule has 0 aliphatic carbocycles. The third-order valence-electron chi connectivity index (χ3n) is 2.89. The van der Waals surface area contributed by atoms with E-state index in [0.29, 0.717) is 5.69 Å². The summed E-state index contributed by atoms with van der Waals surface area (Å²) in [5.41, 5.74) is 7.75. The summed E-state index contributed by atoms with van der Waals surface area (Å²) in [4.78, 5) is 14.7. The van der Waals surface area contributed by atoms with E-state index in [4.69, 9.17) is 5.73 Å². The van der Waals surface area contributed by atoms with E-state index < -0.39 is 0 Å². The SMILES string of the molecule is Nc1cccc(Nc2nnc(-c3ccccc3)c(=O)[nH]2)c1. The predicted molar refractivity (Wildman–Crippen MR) is 82.2 cm³/mol. The van der Waals surface area contributed by atoms with Crippen LogP contribution in [0.5, 0.6) is 0 Å². The molecule has 0 fully saturated rings. The number of aromatic amines is 1. The van der Waals surface area contributed by atoms with Gasteiger partial charge in [-0.2, -0.15) is 0 Å². The molecule has 0 spiro atoms. The maximum absolute atomic E-state index is 12.1. The predicted octanol–water partition coefficient (Wildman–Crippen LogP) is 2.16. The Balaban J connectivity index is 1.90. The van der Waals surface area contributed by atoms with E-state index in [1.54, 1.807) is 12.1 Å². The number of rotatable bonds is 3. The highest BCUT2D eigenvalue weighted by Crippen LogP contribution is 2.16. The molecule has 6 nitrogen and oxygen atoms in total. The molecule has 0 bridgehead atoms. The number of H-pyrrole nitrogens is 1. The first-order valence-electron chi connectivity index (χ1n) is 6.37. The summed E-state index contributed by atoms with van der Waals surface area (Å²) in [5, 5.41) is 10.9. The number of hydrogen-bond donors (Lipinski definition) is 3. The van der Waals surface area contributed by atoms with Crippen LogP contribution >= 0.6 is 0 Å². The van der Waals surface area contributed by atoms with Crippen LogP contribution in [0.1, 0.15) is 0 Å². The van der Waals surface area contributed by atoms with Crippen molar-refractivity contribution in [2.24, 2.45) is 0 Å². The normalized spacial score (nSPS) is 10.3. The fourth-order valence-electron chi connectivity index (χ4n) is 1.93. The standard InChI is InChI=1S/C15H13N5O/c16-11-7-4-8-12(9-11)17-15-18-14(21)13(19-20-15)10-5-2-1-3-6-10/h1-9H,16H2,(H2,17,18,20,21). The number of nitrogens with zero attached hydrogens (tertiary/aromatic N) is 2. The summed E-state index contributed by atoms with van der Waals surface area (Å²) in [6.07, 6.45) is 0. The highest BCUT2D eigenvalue weighted by molar-refractivity contribution is 5.61. The second-order valence-electron chi connectivity index (χ2n) is 4.47. The van der Waals surface area contributed by atoms with Crippen LogP contribution in [0.2, 0.25) is 0 Å². The second-order valence-corrected chi connectivity index (χ2v) is 4.47. The topological polar surface area (TPSA) is 96.7 Å². The van der Waals surface area contributed by atoms with Gasteiger partial charge in [-0.25, -0.2) is 0 Å². The molecular formula is C15H13N5O. The zero-order valence-corrected chi connectivity index (χ0v) is 11.1. The molecule has 1 aromatic heterocycles. The molecule has 6 heteroatoms. The number of hydrogen-bond acceptors (Lipinski definition) is 5. The van der Waals surface area contributed by atoms with E-state index in [2.05, 4.69) is 20.5 Å². The molecule has 0 saturated carbocycles. The largest absolute Gasteiger partial charge is 0.399 e. The number of nitrogens with one attached hydrogen (secondary N) is 2. The van der Waals surface area contributed by atoms with Gasteiger partial charge in [-0.05, 0) is 18.2 Å². The van der Waals surface area contributed by atoms with Gasteiger partial charge >= 0.3 is 0 Å². The van der Waals surface area contributed by atoms with Gasteiger partial charge in [0.25, 0.3) is 5.56 Å². The van der Waals surface area contributed by atoms with E-state index in [9.17, 15) is 4.79 Å². The molecule has 1 heterocycles. The highest BCUT2D eigenvalue weighted by atomic mass is 16.1. The lowest BCUT2D eigenvalue weighted by atomic mass is 10.2. The molecule has 0 aliphatic heterocycles. The first-order chi connectivity index (χ1) is 10.2. The Hall–Kier alpha value is -3.15. The number of nitrogens with two attached hydrogens (primary N) is 1. The maximum Gasteiger partial charge on any atom is 0.279 e. The molecule has 21 heavy (non-hydrogen) atoms. The van der Waals surface area contributed by atoms with Gasteiger partial charge in [0.2, 0.25) is 5.95 Å². The van der Waals surface area contributed by atoms with Crippen LogP contribution in [-0.4, -0.2) is 15.2 Å². The van der Waals surface area contributed by atoms with Crippen molar-refractivity contribution in [1.29, 1.82) is 0 Å². The number of nitrogen functional groups attached to an aromatic ring is 1. The molecule has 0 aliphatic rings. The van der Waals surface area contributed by atoms with Crippen molar-refractivity contribution >= 4 is 17.3 Å². The maximum atomic E-state index is 12.1. The lowest BCUT2D eigenvalue weighted by Crippen LogP contribution is -2.15. The smallest absolute Gasteiger partial charge is 0.279 e. The minimum atomic E-state index is -0.303. The van der Waals surface area contributed by atoms with Gasteiger partial charge in [0.15, 0.2) is 5.69 Å². The van der Waals surface area contributed by atoms with Gasteiger partial charge in [0.05, 0.1) is 0 Å². The zero-order chi connectivity index (χ0) is 14.7. The third-order valence-corrected chi connectivity index (χ3v) is 2.89. The molecular weight excluding hydrogens is 266 g/mol. The quantitative estimate of drug-likeness (QED) is 0.638. The van der Waals surface area contributed by atoms with Crippen molar-refractivity contribution in [3.8, 4) is 11.3 Å². The van der Waals surface area contributed by atoms with Gasteiger partial charge in [-0.15, -0.1) is 10.2 Å². The van der Waals surface area contributed by atoms with Crippen molar-refractivity contribution < 1.29 is 0 Å². The minimum absolute atomic E-state index is 0.269. The summed E-state index contributed by atoms with van der Waals surface area (Å²) < 4.78 is 0. The van der Waals surface area contributed by atoms with Gasteiger partial charge in [-0.3, -0.25) is 9.78 Å². The van der Waals surface area contributed by atoms with Crippen molar-refractivity contribution in [3.63, 3.8) is 0 Å². The summed E-state index contributed by atoms with van der Waals surface area (Å²) in [6, 6.07) is 16.3. The number of benzene rings is 2. The van der Waals surface area contributed by atoms with E-state index in [1.807, 2.05) is 42.5 Å². The molecule has 0 radical (unpaired) electrons. The summed E-state index contributed by atoms with van der Waals surface area (Å²) in [6.45, 7) is 0. The van der Waals surface area contributed by atoms with Crippen LogP contribution in [0, 0.1) is 0 Å². The van der Waals surface area contributed by atoms with Gasteiger partial charge in [-0.1, -0.05) is 36.4 Å². The number of aromatic nitrogens is 3. The fourth-order valence-corrected chi connectivity index (χ4v) is 1.93. The summed E-state index contributed by atoms with van der Waals surface area (Å²) in [7, 11) is 0. The third kappa shape index (κ3) is 2.89. The summed E-state index contributed by atoms with van der Waals surface area (Å²) in [5.74, 6) is 0.269. The Bertz CT molecular complexity index is 814. The lowest BCUT2D eigenvalue weighted by Gasteiger charge is -2.06. The molecule has 0 unspecified atom stereocenters. The molecule has 3 rings (SSSR count). The van der Waals surface area contributed by atoms with Crippen molar-refractivity contribution in [1.82, 2.24) is 15.2 Å². The lowest BCUT2D eigenvalue weighted by molar-refractivity contribution is 0.962. The van der Waals surface area contributed by atoms with Crippen molar-refractivity contribution in [2.45, 2.75) is 0 Å². The highest BCUT2D eigenvalue weighted by Gasteiger charge is 2.07. The molecule has 4 N–H and O–H groups in total. The molecule has 0 amide bonds. The zero-order valence-electron chi connectivity index (χ0n) is 11.1. The monoisotopic (exact) mass is 279 g/mol. The van der Waals surface area contributed by atoms with E-state index in [1.165, 1.54) is 0 Å². The van der Waals surface area contributed by atoms with E-state index in [-0.39, 0.29) is 17.2 Å².